The van der Waals surface area contributed by atoms with Gasteiger partial charge in [-0.3, -0.25) is 10.1 Å². The maximum atomic E-state index is 12.1. The molecule has 0 saturated heterocycles. The second kappa shape index (κ2) is 8.45. The van der Waals surface area contributed by atoms with Crippen molar-refractivity contribution < 1.29 is 9.53 Å². The molecule has 3 aromatic rings. The number of thiazole rings is 1. The number of aromatic nitrogens is 1. The number of nitriles is 1. The fourth-order valence-electron chi connectivity index (χ4n) is 2.49. The van der Waals surface area contributed by atoms with Crippen LogP contribution in [0.25, 0.3) is 10.2 Å². The molecule has 0 fully saturated rings. The number of amides is 1. The van der Waals surface area contributed by atoms with E-state index in [9.17, 15) is 4.79 Å². The Bertz CT molecular complexity index is 942. The zero-order chi connectivity index (χ0) is 18.4. The van der Waals surface area contributed by atoms with Crippen LogP contribution in [-0.2, 0) is 11.2 Å². The highest BCUT2D eigenvalue weighted by Gasteiger charge is 2.09. The van der Waals surface area contributed by atoms with Crippen molar-refractivity contribution in [3.8, 4) is 11.8 Å². The standard InChI is InChI=1S/C20H19N3O2S/c1-2-3-4-14-7-10-17-18(11-14)26-20(22-17)23-19(24)13-25-16-8-5-15(12-21)6-9-16/h5-11H,2-4,13H2,1H3,(H,22,23,24). The average Bonchev–Trinajstić information content (AvgIpc) is 3.06. The zero-order valence-electron chi connectivity index (χ0n) is 14.5. The number of hydrogen-bond donors (Lipinski definition) is 1. The van der Waals surface area contributed by atoms with E-state index in [0.717, 1.165) is 16.6 Å². The summed E-state index contributed by atoms with van der Waals surface area (Å²) in [6.07, 6.45) is 3.40. The summed E-state index contributed by atoms with van der Waals surface area (Å²) < 4.78 is 6.50. The van der Waals surface area contributed by atoms with E-state index in [1.165, 1.54) is 29.7 Å². The van der Waals surface area contributed by atoms with E-state index < -0.39 is 0 Å². The van der Waals surface area contributed by atoms with Crippen molar-refractivity contribution >= 4 is 32.6 Å². The molecular formula is C20H19N3O2S. The van der Waals surface area contributed by atoms with Crippen molar-refractivity contribution in [2.75, 3.05) is 11.9 Å². The average molecular weight is 365 g/mol. The normalized spacial score (nSPS) is 10.5. The van der Waals surface area contributed by atoms with Crippen LogP contribution in [-0.4, -0.2) is 17.5 Å². The van der Waals surface area contributed by atoms with Crippen molar-refractivity contribution in [2.45, 2.75) is 26.2 Å². The van der Waals surface area contributed by atoms with Crippen LogP contribution >= 0.6 is 11.3 Å². The van der Waals surface area contributed by atoms with Gasteiger partial charge in [0.15, 0.2) is 11.7 Å². The van der Waals surface area contributed by atoms with Crippen LogP contribution in [0.3, 0.4) is 0 Å². The first kappa shape index (κ1) is 17.9. The van der Waals surface area contributed by atoms with Crippen LogP contribution in [0.2, 0.25) is 0 Å². The topological polar surface area (TPSA) is 75.0 Å². The molecule has 0 saturated carbocycles. The Kier molecular flexibility index (Phi) is 5.82. The quantitative estimate of drug-likeness (QED) is 0.667. The van der Waals surface area contributed by atoms with Crippen LogP contribution in [0.1, 0.15) is 30.9 Å². The van der Waals surface area contributed by atoms with Crippen molar-refractivity contribution in [3.63, 3.8) is 0 Å². The highest BCUT2D eigenvalue weighted by atomic mass is 32.1. The van der Waals surface area contributed by atoms with Gasteiger partial charge in [-0.25, -0.2) is 4.98 Å². The summed E-state index contributed by atoms with van der Waals surface area (Å²) in [6, 6.07) is 14.9. The summed E-state index contributed by atoms with van der Waals surface area (Å²) in [7, 11) is 0. The Morgan fingerprint density at radius 1 is 1.27 bits per heavy atom. The number of ether oxygens (including phenoxy) is 1. The minimum absolute atomic E-state index is 0.108. The van der Waals surface area contributed by atoms with E-state index in [1.807, 2.05) is 12.1 Å². The number of benzene rings is 2. The Morgan fingerprint density at radius 3 is 2.81 bits per heavy atom. The molecule has 0 atom stereocenters. The molecule has 3 rings (SSSR count). The lowest BCUT2D eigenvalue weighted by atomic mass is 10.1. The second-order valence-electron chi connectivity index (χ2n) is 5.90. The van der Waals surface area contributed by atoms with Gasteiger partial charge >= 0.3 is 0 Å². The highest BCUT2D eigenvalue weighted by molar-refractivity contribution is 7.22. The maximum absolute atomic E-state index is 12.1. The van der Waals surface area contributed by atoms with Crippen LogP contribution in [0.5, 0.6) is 5.75 Å². The molecule has 0 aliphatic carbocycles. The third-order valence-corrected chi connectivity index (χ3v) is 4.81. The number of nitrogens with zero attached hydrogens (tertiary/aromatic N) is 2. The van der Waals surface area contributed by atoms with E-state index in [2.05, 4.69) is 29.4 Å². The Hall–Kier alpha value is -2.91. The number of aryl methyl sites for hydroxylation is 1. The van der Waals surface area contributed by atoms with Crippen molar-refractivity contribution in [2.24, 2.45) is 0 Å². The molecule has 26 heavy (non-hydrogen) atoms. The van der Waals surface area contributed by atoms with Gasteiger partial charge in [0.05, 0.1) is 21.8 Å². The first-order valence-corrected chi connectivity index (χ1v) is 9.32. The van der Waals surface area contributed by atoms with Gasteiger partial charge < -0.3 is 4.74 Å². The SMILES string of the molecule is CCCCc1ccc2nc(NC(=O)COc3ccc(C#N)cc3)sc2c1. The summed E-state index contributed by atoms with van der Waals surface area (Å²) in [5.74, 6) is 0.281. The lowest BCUT2D eigenvalue weighted by Crippen LogP contribution is -2.19. The largest absolute Gasteiger partial charge is 0.484 e. The molecule has 6 heteroatoms. The molecule has 1 heterocycles. The summed E-state index contributed by atoms with van der Waals surface area (Å²) in [5.41, 5.74) is 2.73. The van der Waals surface area contributed by atoms with Gasteiger partial charge in [0.25, 0.3) is 5.91 Å². The fraction of sp³-hybridized carbons (Fsp3) is 0.250. The van der Waals surface area contributed by atoms with Crippen molar-refractivity contribution in [1.29, 1.82) is 5.26 Å². The van der Waals surface area contributed by atoms with Gasteiger partial charge in [0.2, 0.25) is 0 Å². The smallest absolute Gasteiger partial charge is 0.264 e. The molecule has 0 bridgehead atoms. The van der Waals surface area contributed by atoms with E-state index in [4.69, 9.17) is 10.00 Å². The number of unbranched alkanes of at least 4 members (excludes halogenated alkanes) is 1. The monoisotopic (exact) mass is 365 g/mol. The van der Waals surface area contributed by atoms with Gasteiger partial charge in [-0.1, -0.05) is 30.7 Å². The molecule has 132 valence electrons. The van der Waals surface area contributed by atoms with Crippen molar-refractivity contribution in [3.05, 3.63) is 53.6 Å². The second-order valence-corrected chi connectivity index (χ2v) is 6.93. The Labute approximate surface area is 156 Å². The molecule has 2 aromatic carbocycles. The summed E-state index contributed by atoms with van der Waals surface area (Å²) in [6.45, 7) is 2.07. The van der Waals surface area contributed by atoms with E-state index in [1.54, 1.807) is 24.3 Å². The van der Waals surface area contributed by atoms with E-state index in [0.29, 0.717) is 16.4 Å². The summed E-state index contributed by atoms with van der Waals surface area (Å²) in [4.78, 5) is 16.5. The zero-order valence-corrected chi connectivity index (χ0v) is 15.3. The van der Waals surface area contributed by atoms with E-state index >= 15 is 0 Å². The van der Waals surface area contributed by atoms with Crippen LogP contribution < -0.4 is 10.1 Å². The molecule has 0 unspecified atom stereocenters. The van der Waals surface area contributed by atoms with Gasteiger partial charge in [0.1, 0.15) is 5.75 Å². The van der Waals surface area contributed by atoms with Crippen LogP contribution in [0.15, 0.2) is 42.5 Å². The minimum atomic E-state index is -0.264. The predicted molar refractivity (Wildman–Crippen MR) is 104 cm³/mol. The fourth-order valence-corrected chi connectivity index (χ4v) is 3.43. The van der Waals surface area contributed by atoms with Gasteiger partial charge in [-0.2, -0.15) is 5.26 Å². The summed E-state index contributed by atoms with van der Waals surface area (Å²) >= 11 is 1.47. The number of carbonyl (C=O) groups excluding carboxylic acids is 1. The molecule has 0 radical (unpaired) electrons. The van der Waals surface area contributed by atoms with Gasteiger partial charge in [-0.15, -0.1) is 0 Å². The highest BCUT2D eigenvalue weighted by Crippen LogP contribution is 2.27. The molecule has 5 nitrogen and oxygen atoms in total. The molecule has 1 aromatic heterocycles. The number of rotatable bonds is 7. The lowest BCUT2D eigenvalue weighted by molar-refractivity contribution is -0.118. The number of hydrogen-bond acceptors (Lipinski definition) is 5. The molecular weight excluding hydrogens is 346 g/mol. The number of nitrogens with one attached hydrogen (secondary N) is 1. The first-order chi connectivity index (χ1) is 12.7. The molecule has 0 spiro atoms. The van der Waals surface area contributed by atoms with E-state index in [-0.39, 0.29) is 12.5 Å². The van der Waals surface area contributed by atoms with Gasteiger partial charge in [-0.05, 0) is 54.8 Å². The molecule has 1 amide bonds. The maximum Gasteiger partial charge on any atom is 0.264 e. The third-order valence-electron chi connectivity index (χ3n) is 3.87. The molecule has 0 aliphatic rings. The number of carbonyl (C=O) groups is 1. The lowest BCUT2D eigenvalue weighted by Gasteiger charge is -2.05. The minimum Gasteiger partial charge on any atom is -0.484 e. The Morgan fingerprint density at radius 2 is 2.08 bits per heavy atom. The summed E-state index contributed by atoms with van der Waals surface area (Å²) in [5, 5.41) is 12.1. The molecule has 0 aliphatic heterocycles. The number of fused-ring (bicyclic) bond motifs is 1. The molecule has 1 N–H and O–H groups in total. The predicted octanol–water partition coefficient (Wildman–Crippen LogP) is 4.53. The van der Waals surface area contributed by atoms with Crippen molar-refractivity contribution in [1.82, 2.24) is 4.98 Å². The number of anilines is 1. The Balaban J connectivity index is 1.58. The van der Waals surface area contributed by atoms with Crippen LogP contribution in [0.4, 0.5) is 5.13 Å². The first-order valence-electron chi connectivity index (χ1n) is 8.50. The van der Waals surface area contributed by atoms with Crippen LogP contribution in [0, 0.1) is 11.3 Å². The third kappa shape index (κ3) is 4.58. The van der Waals surface area contributed by atoms with Gasteiger partial charge in [0, 0.05) is 0 Å².